The van der Waals surface area contributed by atoms with Crippen molar-refractivity contribution in [2.75, 3.05) is 32.8 Å². The highest BCUT2D eigenvalue weighted by atomic mass is 32.1. The molecular formula is C24H25N3O3S. The van der Waals surface area contributed by atoms with E-state index in [2.05, 4.69) is 39.2 Å². The van der Waals surface area contributed by atoms with Gasteiger partial charge in [0.15, 0.2) is 0 Å². The van der Waals surface area contributed by atoms with Crippen molar-refractivity contribution in [1.82, 2.24) is 14.8 Å². The quantitative estimate of drug-likeness (QED) is 0.516. The molecule has 3 heterocycles. The summed E-state index contributed by atoms with van der Waals surface area (Å²) in [7, 11) is 0. The number of aromatic nitrogens is 1. The fourth-order valence-electron chi connectivity index (χ4n) is 4.29. The highest BCUT2D eigenvalue weighted by molar-refractivity contribution is 7.20. The minimum atomic E-state index is -0.131. The number of nitrogens with zero attached hydrogens (tertiary/aromatic N) is 3. The van der Waals surface area contributed by atoms with Gasteiger partial charge in [0.1, 0.15) is 5.75 Å². The Kier molecular flexibility index (Phi) is 5.61. The number of hydrogen-bond acceptors (Lipinski definition) is 7. The van der Waals surface area contributed by atoms with Gasteiger partial charge >= 0.3 is 5.97 Å². The highest BCUT2D eigenvalue weighted by Crippen LogP contribution is 2.32. The normalized spacial score (nSPS) is 18.3. The van der Waals surface area contributed by atoms with Crippen LogP contribution >= 0.6 is 11.3 Å². The van der Waals surface area contributed by atoms with Gasteiger partial charge in [-0.15, -0.1) is 0 Å². The highest BCUT2D eigenvalue weighted by Gasteiger charge is 2.34. The van der Waals surface area contributed by atoms with Gasteiger partial charge in [-0.1, -0.05) is 35.6 Å². The van der Waals surface area contributed by atoms with Crippen molar-refractivity contribution in [3.63, 3.8) is 0 Å². The lowest BCUT2D eigenvalue weighted by Gasteiger charge is -2.20. The predicted molar refractivity (Wildman–Crippen MR) is 121 cm³/mol. The molecule has 2 aliphatic heterocycles. The van der Waals surface area contributed by atoms with Crippen LogP contribution in [0.4, 0.5) is 0 Å². The number of ether oxygens (including phenoxy) is 2. The monoisotopic (exact) mass is 435 g/mol. The van der Waals surface area contributed by atoms with E-state index < -0.39 is 0 Å². The molecule has 0 N–H and O–H groups in total. The standard InChI is InChI=1S/C24H25N3O3S/c1-2-29-23(28)16-27-14-18-12-26(13-19(18)15-27)11-17-7-9-20(10-8-17)30-24-25-21-5-3-4-6-22(21)31-24/h3-10,12,19H,2,11,13-16H2,1H3. The third-order valence-corrected chi connectivity index (χ3v) is 6.57. The van der Waals surface area contributed by atoms with Gasteiger partial charge in [0.2, 0.25) is 0 Å². The first-order valence-corrected chi connectivity index (χ1v) is 11.4. The van der Waals surface area contributed by atoms with Gasteiger partial charge in [-0.05, 0) is 42.3 Å². The van der Waals surface area contributed by atoms with Gasteiger partial charge in [-0.2, -0.15) is 0 Å². The number of carbonyl (C=O) groups excluding carboxylic acids is 1. The van der Waals surface area contributed by atoms with Gasteiger partial charge in [-0.25, -0.2) is 4.98 Å². The molecule has 1 atom stereocenters. The molecule has 1 unspecified atom stereocenters. The third-order valence-electron chi connectivity index (χ3n) is 5.66. The second-order valence-electron chi connectivity index (χ2n) is 8.00. The second kappa shape index (κ2) is 8.69. The smallest absolute Gasteiger partial charge is 0.320 e. The largest absolute Gasteiger partial charge is 0.465 e. The molecule has 0 aliphatic carbocycles. The molecule has 7 heteroatoms. The summed E-state index contributed by atoms with van der Waals surface area (Å²) in [4.78, 5) is 20.8. The van der Waals surface area contributed by atoms with Crippen LogP contribution in [0.15, 0.2) is 60.3 Å². The van der Waals surface area contributed by atoms with Gasteiger partial charge in [0.05, 0.1) is 23.4 Å². The van der Waals surface area contributed by atoms with Crippen molar-refractivity contribution in [1.29, 1.82) is 0 Å². The average Bonchev–Trinajstić information content (AvgIpc) is 3.42. The van der Waals surface area contributed by atoms with Gasteiger partial charge < -0.3 is 14.4 Å². The van der Waals surface area contributed by atoms with E-state index in [-0.39, 0.29) is 5.97 Å². The van der Waals surface area contributed by atoms with Crippen LogP contribution < -0.4 is 4.74 Å². The molecule has 6 nitrogen and oxygen atoms in total. The first-order chi connectivity index (χ1) is 15.2. The van der Waals surface area contributed by atoms with Crippen molar-refractivity contribution in [3.8, 4) is 10.9 Å². The zero-order valence-corrected chi connectivity index (χ0v) is 18.3. The summed E-state index contributed by atoms with van der Waals surface area (Å²) in [6, 6.07) is 16.3. The molecule has 2 aliphatic rings. The van der Waals surface area contributed by atoms with Crippen molar-refractivity contribution in [2.24, 2.45) is 5.92 Å². The fraction of sp³-hybridized carbons (Fsp3) is 0.333. The van der Waals surface area contributed by atoms with Crippen molar-refractivity contribution < 1.29 is 14.3 Å². The Labute approximate surface area is 185 Å². The molecule has 1 aromatic heterocycles. The number of hydrogen-bond donors (Lipinski definition) is 0. The van der Waals surface area contributed by atoms with E-state index in [0.717, 1.165) is 42.1 Å². The zero-order valence-electron chi connectivity index (χ0n) is 17.5. The number of likely N-dealkylation sites (tertiary alicyclic amines) is 1. The number of benzene rings is 2. The van der Waals surface area contributed by atoms with E-state index in [9.17, 15) is 4.79 Å². The molecule has 1 saturated heterocycles. The molecule has 5 rings (SSSR count). The number of rotatable bonds is 7. The van der Waals surface area contributed by atoms with Crippen LogP contribution in [0.25, 0.3) is 10.2 Å². The van der Waals surface area contributed by atoms with Crippen LogP contribution in [0.2, 0.25) is 0 Å². The van der Waals surface area contributed by atoms with Crippen molar-refractivity contribution in [2.45, 2.75) is 13.5 Å². The molecule has 3 aromatic rings. The first-order valence-electron chi connectivity index (χ1n) is 10.6. The number of carbonyl (C=O) groups is 1. The van der Waals surface area contributed by atoms with Crippen LogP contribution in [0.5, 0.6) is 10.9 Å². The van der Waals surface area contributed by atoms with E-state index in [1.165, 1.54) is 11.1 Å². The molecule has 2 aromatic carbocycles. The third kappa shape index (κ3) is 4.57. The van der Waals surface area contributed by atoms with Gasteiger partial charge in [-0.3, -0.25) is 9.69 Å². The van der Waals surface area contributed by atoms with Crippen LogP contribution in [-0.2, 0) is 16.1 Å². The van der Waals surface area contributed by atoms with Crippen LogP contribution in [0, 0.1) is 5.92 Å². The molecule has 0 amide bonds. The fourth-order valence-corrected chi connectivity index (χ4v) is 5.12. The summed E-state index contributed by atoms with van der Waals surface area (Å²) in [5.41, 5.74) is 3.63. The second-order valence-corrected chi connectivity index (χ2v) is 8.99. The molecule has 0 saturated carbocycles. The maximum atomic E-state index is 11.7. The summed E-state index contributed by atoms with van der Waals surface area (Å²) in [6.07, 6.45) is 2.27. The van der Waals surface area contributed by atoms with E-state index in [0.29, 0.717) is 24.3 Å². The first kappa shape index (κ1) is 20.0. The van der Waals surface area contributed by atoms with E-state index >= 15 is 0 Å². The molecule has 0 bridgehead atoms. The molecule has 0 spiro atoms. The Bertz CT molecular complexity index is 1080. The van der Waals surface area contributed by atoms with E-state index in [4.69, 9.17) is 9.47 Å². The summed E-state index contributed by atoms with van der Waals surface area (Å²) < 4.78 is 12.1. The molecule has 160 valence electrons. The molecule has 31 heavy (non-hydrogen) atoms. The number of para-hydroxylation sites is 1. The SMILES string of the molecule is CCOC(=O)CN1CC2=CN(Cc3ccc(Oc4nc5ccccc5s4)cc3)CC2C1. The van der Waals surface area contributed by atoms with Crippen LogP contribution in [0.3, 0.4) is 0 Å². The zero-order chi connectivity index (χ0) is 21.2. The summed E-state index contributed by atoms with van der Waals surface area (Å²) in [6.45, 7) is 6.33. The summed E-state index contributed by atoms with van der Waals surface area (Å²) >= 11 is 1.56. The summed E-state index contributed by atoms with van der Waals surface area (Å²) in [5.74, 6) is 1.18. The maximum Gasteiger partial charge on any atom is 0.320 e. The average molecular weight is 436 g/mol. The number of thiazole rings is 1. The molecule has 1 fully saturated rings. The Balaban J connectivity index is 1.16. The Hall–Kier alpha value is -2.90. The van der Waals surface area contributed by atoms with Gasteiger partial charge in [0, 0.05) is 38.3 Å². The lowest BCUT2D eigenvalue weighted by molar-refractivity contribution is -0.144. The minimum Gasteiger partial charge on any atom is -0.465 e. The van der Waals surface area contributed by atoms with E-state index in [1.54, 1.807) is 11.3 Å². The lowest BCUT2D eigenvalue weighted by atomic mass is 10.1. The maximum absolute atomic E-state index is 11.7. The Morgan fingerprint density at radius 1 is 1.16 bits per heavy atom. The number of fused-ring (bicyclic) bond motifs is 2. The Morgan fingerprint density at radius 2 is 2.00 bits per heavy atom. The number of esters is 1. The molecule has 0 radical (unpaired) electrons. The van der Waals surface area contributed by atoms with E-state index in [1.807, 2.05) is 37.3 Å². The summed E-state index contributed by atoms with van der Waals surface area (Å²) in [5, 5.41) is 0.665. The minimum absolute atomic E-state index is 0.131. The van der Waals surface area contributed by atoms with Crippen molar-refractivity contribution in [3.05, 3.63) is 65.9 Å². The molecular weight excluding hydrogens is 410 g/mol. The van der Waals surface area contributed by atoms with Crippen LogP contribution in [-0.4, -0.2) is 53.5 Å². The lowest BCUT2D eigenvalue weighted by Crippen LogP contribution is -2.31. The van der Waals surface area contributed by atoms with Crippen molar-refractivity contribution >= 4 is 27.5 Å². The van der Waals surface area contributed by atoms with Gasteiger partial charge in [0.25, 0.3) is 5.19 Å². The Morgan fingerprint density at radius 3 is 2.77 bits per heavy atom. The van der Waals surface area contributed by atoms with Crippen LogP contribution in [0.1, 0.15) is 12.5 Å². The topological polar surface area (TPSA) is 54.9 Å². The predicted octanol–water partition coefficient (Wildman–Crippen LogP) is 4.28.